The minimum absolute atomic E-state index is 0.0100. The van der Waals surface area contributed by atoms with Crippen molar-refractivity contribution in [3.05, 3.63) is 58.8 Å². The first-order valence-corrected chi connectivity index (χ1v) is 10.9. The molecule has 1 aliphatic heterocycles. The Labute approximate surface area is 188 Å². The fourth-order valence-corrected chi connectivity index (χ4v) is 4.03. The van der Waals surface area contributed by atoms with Crippen molar-refractivity contribution in [2.45, 2.75) is 65.0 Å². The highest BCUT2D eigenvalue weighted by molar-refractivity contribution is 5.92. The molecule has 32 heavy (non-hydrogen) atoms. The van der Waals surface area contributed by atoms with Crippen LogP contribution in [0.5, 0.6) is 5.88 Å². The zero-order valence-electron chi connectivity index (χ0n) is 19.5. The first-order valence-electron chi connectivity index (χ1n) is 10.9. The summed E-state index contributed by atoms with van der Waals surface area (Å²) in [7, 11) is 0. The van der Waals surface area contributed by atoms with Gasteiger partial charge in [0.15, 0.2) is 0 Å². The summed E-state index contributed by atoms with van der Waals surface area (Å²) in [5, 5.41) is 1.81. The topological polar surface area (TPSA) is 100 Å². The highest BCUT2D eigenvalue weighted by atomic mass is 16.6. The number of pyridine rings is 3. The number of aromatic nitrogens is 3. The molecule has 0 saturated heterocycles. The Morgan fingerprint density at radius 1 is 1.16 bits per heavy atom. The van der Waals surface area contributed by atoms with Crippen molar-refractivity contribution in [2.24, 2.45) is 5.73 Å². The average Bonchev–Trinajstić information content (AvgIpc) is 2.71. The molecule has 2 N–H and O–H groups in total. The van der Waals surface area contributed by atoms with Crippen molar-refractivity contribution in [3.8, 4) is 5.88 Å². The van der Waals surface area contributed by atoms with Crippen LogP contribution in [0.15, 0.2) is 30.6 Å². The molecule has 7 heteroatoms. The van der Waals surface area contributed by atoms with Crippen LogP contribution >= 0.6 is 0 Å². The van der Waals surface area contributed by atoms with Crippen LogP contribution in [0.2, 0.25) is 0 Å². The summed E-state index contributed by atoms with van der Waals surface area (Å²) in [6, 6.07) is 5.70. The van der Waals surface area contributed by atoms with Gasteiger partial charge in [0.1, 0.15) is 5.60 Å². The zero-order chi connectivity index (χ0) is 23.3. The molecule has 3 aromatic heterocycles. The van der Waals surface area contributed by atoms with Crippen LogP contribution in [0.25, 0.3) is 10.8 Å². The number of rotatable bonds is 5. The van der Waals surface area contributed by atoms with Gasteiger partial charge in [-0.2, -0.15) is 0 Å². The van der Waals surface area contributed by atoms with Crippen molar-refractivity contribution in [2.75, 3.05) is 6.61 Å². The standard InChI is InChI=1S/C25H30N4O3/c1-7-31-22-19-12-27-16(11-18(19)20(13-28-22)24(3,4)26)10-15-8-9-17-21(29-15)14(2)25(5,6)32-23(17)30/h8-9,11-14H,7,10,26H2,1-6H3/t14-/m0/s1. The van der Waals surface area contributed by atoms with E-state index in [0.717, 1.165) is 33.4 Å². The number of nitrogens with zero attached hydrogens (tertiary/aromatic N) is 3. The Morgan fingerprint density at radius 3 is 2.59 bits per heavy atom. The van der Waals surface area contributed by atoms with Gasteiger partial charge in [0.05, 0.1) is 23.3 Å². The Balaban J connectivity index is 1.76. The van der Waals surface area contributed by atoms with Gasteiger partial charge in [0.2, 0.25) is 5.88 Å². The maximum absolute atomic E-state index is 12.4. The van der Waals surface area contributed by atoms with E-state index in [1.807, 2.05) is 53.7 Å². The molecular formula is C25H30N4O3. The molecular weight excluding hydrogens is 404 g/mol. The van der Waals surface area contributed by atoms with Gasteiger partial charge in [0.25, 0.3) is 0 Å². The lowest BCUT2D eigenvalue weighted by Gasteiger charge is -2.36. The molecule has 0 fully saturated rings. The normalized spacial score (nSPS) is 17.7. The number of fused-ring (bicyclic) bond motifs is 2. The average molecular weight is 435 g/mol. The molecule has 0 spiro atoms. The van der Waals surface area contributed by atoms with E-state index in [4.69, 9.17) is 20.2 Å². The van der Waals surface area contributed by atoms with Gasteiger partial charge in [-0.25, -0.2) is 9.78 Å². The van der Waals surface area contributed by atoms with Gasteiger partial charge >= 0.3 is 5.97 Å². The van der Waals surface area contributed by atoms with Crippen molar-refractivity contribution in [1.82, 2.24) is 15.0 Å². The van der Waals surface area contributed by atoms with Crippen LogP contribution in [0, 0.1) is 0 Å². The molecule has 0 aromatic carbocycles. The van der Waals surface area contributed by atoms with Crippen molar-refractivity contribution in [1.29, 1.82) is 0 Å². The smallest absolute Gasteiger partial charge is 0.340 e. The monoisotopic (exact) mass is 434 g/mol. The fraction of sp³-hybridized carbons (Fsp3) is 0.440. The molecule has 4 heterocycles. The predicted octanol–water partition coefficient (Wildman–Crippen LogP) is 4.26. The fourth-order valence-electron chi connectivity index (χ4n) is 4.03. The van der Waals surface area contributed by atoms with E-state index in [9.17, 15) is 4.79 Å². The van der Waals surface area contributed by atoms with Gasteiger partial charge in [-0.1, -0.05) is 6.92 Å². The summed E-state index contributed by atoms with van der Waals surface area (Å²) in [5.41, 5.74) is 9.20. The lowest BCUT2D eigenvalue weighted by molar-refractivity contribution is -0.0190. The van der Waals surface area contributed by atoms with Crippen molar-refractivity contribution < 1.29 is 14.3 Å². The molecule has 3 aromatic rings. The first-order chi connectivity index (χ1) is 15.0. The maximum atomic E-state index is 12.4. The van der Waals surface area contributed by atoms with E-state index in [0.29, 0.717) is 24.5 Å². The molecule has 1 atom stereocenters. The van der Waals surface area contributed by atoms with Crippen LogP contribution in [0.1, 0.15) is 80.5 Å². The van der Waals surface area contributed by atoms with E-state index in [1.54, 1.807) is 18.5 Å². The highest BCUT2D eigenvalue weighted by Crippen LogP contribution is 2.37. The lowest BCUT2D eigenvalue weighted by atomic mass is 9.84. The van der Waals surface area contributed by atoms with E-state index >= 15 is 0 Å². The minimum atomic E-state index is -0.596. The summed E-state index contributed by atoms with van der Waals surface area (Å²) in [6.45, 7) is 12.2. The molecule has 0 unspecified atom stereocenters. The summed E-state index contributed by atoms with van der Waals surface area (Å²) in [5.74, 6) is 0.219. The quantitative estimate of drug-likeness (QED) is 0.599. The van der Waals surface area contributed by atoms with E-state index in [2.05, 4.69) is 9.97 Å². The second-order valence-electron chi connectivity index (χ2n) is 9.48. The number of carbonyl (C=O) groups excluding carboxylic acids is 1. The number of ether oxygens (including phenoxy) is 2. The Morgan fingerprint density at radius 2 is 1.91 bits per heavy atom. The maximum Gasteiger partial charge on any atom is 0.340 e. The largest absolute Gasteiger partial charge is 0.477 e. The highest BCUT2D eigenvalue weighted by Gasteiger charge is 2.40. The first kappa shape index (κ1) is 22.1. The van der Waals surface area contributed by atoms with E-state index in [1.165, 1.54) is 0 Å². The third kappa shape index (κ3) is 3.93. The van der Waals surface area contributed by atoms with Gasteiger partial charge in [-0.05, 0) is 63.8 Å². The van der Waals surface area contributed by atoms with Crippen LogP contribution < -0.4 is 10.5 Å². The van der Waals surface area contributed by atoms with Gasteiger partial charge in [-0.3, -0.25) is 9.97 Å². The van der Waals surface area contributed by atoms with Crippen LogP contribution in [0.3, 0.4) is 0 Å². The van der Waals surface area contributed by atoms with Crippen LogP contribution in [-0.2, 0) is 16.7 Å². The third-order valence-corrected chi connectivity index (χ3v) is 6.14. The summed E-state index contributed by atoms with van der Waals surface area (Å²) < 4.78 is 11.3. The minimum Gasteiger partial charge on any atom is -0.477 e. The summed E-state index contributed by atoms with van der Waals surface area (Å²) in [6.07, 6.45) is 4.10. The number of hydrogen-bond acceptors (Lipinski definition) is 7. The van der Waals surface area contributed by atoms with Gasteiger partial charge in [-0.15, -0.1) is 0 Å². The molecule has 7 nitrogen and oxygen atoms in total. The Kier molecular flexibility index (Phi) is 5.41. The molecule has 0 radical (unpaired) electrons. The van der Waals surface area contributed by atoms with Gasteiger partial charge in [0, 0.05) is 41.7 Å². The molecule has 0 aliphatic carbocycles. The van der Waals surface area contributed by atoms with Crippen LogP contribution in [-0.4, -0.2) is 33.1 Å². The zero-order valence-corrected chi connectivity index (χ0v) is 19.5. The molecule has 1 aliphatic rings. The Bertz CT molecular complexity index is 1200. The number of carbonyl (C=O) groups is 1. The summed E-state index contributed by atoms with van der Waals surface area (Å²) in [4.78, 5) is 26.3. The van der Waals surface area contributed by atoms with Crippen LogP contribution in [0.4, 0.5) is 0 Å². The molecule has 0 saturated carbocycles. The number of hydrogen-bond donors (Lipinski definition) is 1. The number of esters is 1. The van der Waals surface area contributed by atoms with Gasteiger partial charge < -0.3 is 15.2 Å². The molecule has 168 valence electrons. The third-order valence-electron chi connectivity index (χ3n) is 6.14. The lowest BCUT2D eigenvalue weighted by Crippen LogP contribution is -2.39. The SMILES string of the molecule is CCOc1ncc(C(C)(C)N)c2cc(Cc3ccc4c(n3)[C@H](C)C(C)(C)OC4=O)ncc12. The summed E-state index contributed by atoms with van der Waals surface area (Å²) >= 11 is 0. The Hall–Kier alpha value is -3.06. The molecule has 4 rings (SSSR count). The molecule has 0 bridgehead atoms. The van der Waals surface area contributed by atoms with Crippen molar-refractivity contribution in [3.63, 3.8) is 0 Å². The van der Waals surface area contributed by atoms with Crippen molar-refractivity contribution >= 4 is 16.7 Å². The van der Waals surface area contributed by atoms with E-state index < -0.39 is 11.1 Å². The predicted molar refractivity (Wildman–Crippen MR) is 123 cm³/mol. The van der Waals surface area contributed by atoms with E-state index in [-0.39, 0.29) is 11.9 Å². The second kappa shape index (κ2) is 7.81. The number of nitrogens with two attached hydrogens (primary N) is 1. The second-order valence-corrected chi connectivity index (χ2v) is 9.48. The number of cyclic esters (lactones) is 1. The molecule has 0 amide bonds.